The van der Waals surface area contributed by atoms with E-state index in [9.17, 15) is 0 Å². The molecule has 1 N–H and O–H groups in total. The highest BCUT2D eigenvalue weighted by molar-refractivity contribution is 5.17. The van der Waals surface area contributed by atoms with Crippen molar-refractivity contribution in [3.8, 4) is 0 Å². The van der Waals surface area contributed by atoms with Crippen LogP contribution in [0.25, 0.3) is 0 Å². The molecule has 1 heterocycles. The molecule has 0 aliphatic heterocycles. The van der Waals surface area contributed by atoms with Gasteiger partial charge in [-0.25, -0.2) is 9.97 Å². The van der Waals surface area contributed by atoms with Crippen molar-refractivity contribution in [1.29, 1.82) is 0 Å². The molecule has 0 aliphatic rings. The van der Waals surface area contributed by atoms with Crippen molar-refractivity contribution in [2.24, 2.45) is 5.92 Å². The van der Waals surface area contributed by atoms with E-state index in [1.54, 1.807) is 0 Å². The topological polar surface area (TPSA) is 37.8 Å². The maximum Gasteiger partial charge on any atom is 0.125 e. The molecule has 3 heteroatoms. The van der Waals surface area contributed by atoms with Gasteiger partial charge in [0, 0.05) is 23.3 Å². The van der Waals surface area contributed by atoms with Crippen LogP contribution >= 0.6 is 0 Å². The first-order valence-corrected chi connectivity index (χ1v) is 7.07. The van der Waals surface area contributed by atoms with Gasteiger partial charge in [-0.2, -0.15) is 0 Å². The van der Waals surface area contributed by atoms with Gasteiger partial charge in [0.05, 0.1) is 0 Å². The number of likely N-dealkylation sites (N-methyl/N-ethyl adjacent to an activating group) is 1. The van der Waals surface area contributed by atoms with Crippen molar-refractivity contribution in [2.45, 2.75) is 59.9 Å². The first kappa shape index (κ1) is 15.1. The predicted molar refractivity (Wildman–Crippen MR) is 76.9 cm³/mol. The van der Waals surface area contributed by atoms with E-state index in [0.717, 1.165) is 24.5 Å². The van der Waals surface area contributed by atoms with Gasteiger partial charge in [-0.3, -0.25) is 0 Å². The van der Waals surface area contributed by atoms with E-state index >= 15 is 0 Å². The van der Waals surface area contributed by atoms with Gasteiger partial charge < -0.3 is 5.32 Å². The summed E-state index contributed by atoms with van der Waals surface area (Å²) >= 11 is 0. The van der Waals surface area contributed by atoms with Crippen molar-refractivity contribution in [1.82, 2.24) is 15.3 Å². The molecule has 2 unspecified atom stereocenters. The second-order valence-electron chi connectivity index (χ2n) is 5.30. The highest BCUT2D eigenvalue weighted by Crippen LogP contribution is 2.27. The lowest BCUT2D eigenvalue weighted by Crippen LogP contribution is -2.35. The molecule has 18 heavy (non-hydrogen) atoms. The molecular formula is C15H27N3. The summed E-state index contributed by atoms with van der Waals surface area (Å²) in [5.74, 6) is 1.90. The second kappa shape index (κ2) is 6.83. The van der Waals surface area contributed by atoms with Crippen LogP contribution in [0.3, 0.4) is 0 Å². The van der Waals surface area contributed by atoms with Crippen LogP contribution in [0.4, 0.5) is 0 Å². The van der Waals surface area contributed by atoms with Crippen LogP contribution < -0.4 is 5.32 Å². The fourth-order valence-electron chi connectivity index (χ4n) is 2.63. The molecule has 0 aromatic carbocycles. The molecule has 3 nitrogen and oxygen atoms in total. The van der Waals surface area contributed by atoms with E-state index in [1.165, 1.54) is 5.69 Å². The van der Waals surface area contributed by atoms with E-state index in [2.05, 4.69) is 56.0 Å². The number of aryl methyl sites for hydroxylation is 2. The molecule has 1 aromatic heterocycles. The van der Waals surface area contributed by atoms with Crippen LogP contribution in [-0.2, 0) is 6.42 Å². The number of rotatable bonds is 6. The second-order valence-corrected chi connectivity index (χ2v) is 5.30. The molecule has 102 valence electrons. The molecule has 0 fully saturated rings. The average molecular weight is 249 g/mol. The molecule has 0 radical (unpaired) electrons. The van der Waals surface area contributed by atoms with Crippen LogP contribution in [-0.4, -0.2) is 22.6 Å². The first-order chi connectivity index (χ1) is 8.49. The molecule has 0 spiro atoms. The lowest BCUT2D eigenvalue weighted by molar-refractivity contribution is 0.375. The van der Waals surface area contributed by atoms with Gasteiger partial charge >= 0.3 is 0 Å². The molecule has 1 aromatic rings. The normalized spacial score (nSPS) is 14.8. The predicted octanol–water partition coefficient (Wildman–Crippen LogP) is 3.09. The zero-order valence-electron chi connectivity index (χ0n) is 12.6. The molecule has 0 saturated heterocycles. The fourth-order valence-corrected chi connectivity index (χ4v) is 2.63. The van der Waals surface area contributed by atoms with Gasteiger partial charge in [-0.1, -0.05) is 27.7 Å². The summed E-state index contributed by atoms with van der Waals surface area (Å²) < 4.78 is 0. The van der Waals surface area contributed by atoms with Crippen molar-refractivity contribution >= 4 is 0 Å². The summed E-state index contributed by atoms with van der Waals surface area (Å²) in [4.78, 5) is 9.12. The Bertz CT molecular complexity index is 374. The van der Waals surface area contributed by atoms with Crippen molar-refractivity contribution in [3.63, 3.8) is 0 Å². The number of nitrogens with zero attached hydrogens (tertiary/aromatic N) is 2. The Hall–Kier alpha value is -0.960. The Labute approximate surface area is 111 Å². The highest BCUT2D eigenvalue weighted by Gasteiger charge is 2.24. The summed E-state index contributed by atoms with van der Waals surface area (Å²) in [5, 5.41) is 3.52. The first-order valence-electron chi connectivity index (χ1n) is 7.07. The van der Waals surface area contributed by atoms with Gasteiger partial charge in [-0.15, -0.1) is 0 Å². The minimum absolute atomic E-state index is 0.439. The third-order valence-electron chi connectivity index (χ3n) is 3.40. The SMILES string of the molecule is CCNC(C)C(c1cc(CC)nc(C)n1)C(C)C. The molecule has 0 saturated carbocycles. The summed E-state index contributed by atoms with van der Waals surface area (Å²) in [5.41, 5.74) is 2.33. The van der Waals surface area contributed by atoms with Crippen LogP contribution in [0.1, 0.15) is 57.7 Å². The van der Waals surface area contributed by atoms with Gasteiger partial charge in [0.2, 0.25) is 0 Å². The van der Waals surface area contributed by atoms with Gasteiger partial charge in [-0.05, 0) is 38.8 Å². The smallest absolute Gasteiger partial charge is 0.125 e. The average Bonchev–Trinajstić information content (AvgIpc) is 2.28. The zero-order chi connectivity index (χ0) is 13.7. The van der Waals surface area contributed by atoms with Crippen molar-refractivity contribution in [3.05, 3.63) is 23.3 Å². The quantitative estimate of drug-likeness (QED) is 0.842. The number of hydrogen-bond donors (Lipinski definition) is 1. The number of nitrogens with one attached hydrogen (secondary N) is 1. The zero-order valence-corrected chi connectivity index (χ0v) is 12.6. The van der Waals surface area contributed by atoms with Gasteiger partial charge in [0.15, 0.2) is 0 Å². The van der Waals surface area contributed by atoms with Crippen LogP contribution in [0.2, 0.25) is 0 Å². The Kier molecular flexibility index (Phi) is 5.73. The Balaban J connectivity index is 3.08. The third kappa shape index (κ3) is 3.77. The maximum atomic E-state index is 4.66. The monoisotopic (exact) mass is 249 g/mol. The summed E-state index contributed by atoms with van der Waals surface area (Å²) in [6.45, 7) is 14.0. The summed E-state index contributed by atoms with van der Waals surface area (Å²) in [7, 11) is 0. The van der Waals surface area contributed by atoms with Crippen molar-refractivity contribution < 1.29 is 0 Å². The van der Waals surface area contributed by atoms with Crippen LogP contribution in [0.15, 0.2) is 6.07 Å². The molecule has 2 atom stereocenters. The molecule has 0 amide bonds. The Morgan fingerprint density at radius 2 is 1.83 bits per heavy atom. The number of aromatic nitrogens is 2. The Morgan fingerprint density at radius 3 is 2.33 bits per heavy atom. The third-order valence-corrected chi connectivity index (χ3v) is 3.40. The minimum atomic E-state index is 0.439. The fraction of sp³-hybridized carbons (Fsp3) is 0.733. The standard InChI is InChI=1S/C15H27N3/c1-7-13-9-14(18-12(6)17-13)15(10(3)4)11(5)16-8-2/h9-11,15-16H,7-8H2,1-6H3. The molecule has 1 rings (SSSR count). The van der Waals surface area contributed by atoms with E-state index < -0.39 is 0 Å². The van der Waals surface area contributed by atoms with E-state index in [-0.39, 0.29) is 0 Å². The lowest BCUT2D eigenvalue weighted by Gasteiger charge is -2.28. The number of hydrogen-bond acceptors (Lipinski definition) is 3. The van der Waals surface area contributed by atoms with Gasteiger partial charge in [0.1, 0.15) is 5.82 Å². The van der Waals surface area contributed by atoms with Crippen LogP contribution in [0, 0.1) is 12.8 Å². The van der Waals surface area contributed by atoms with E-state index in [0.29, 0.717) is 17.9 Å². The van der Waals surface area contributed by atoms with Crippen molar-refractivity contribution in [2.75, 3.05) is 6.54 Å². The maximum absolute atomic E-state index is 4.66. The highest BCUT2D eigenvalue weighted by atomic mass is 14.9. The largest absolute Gasteiger partial charge is 0.314 e. The molecule has 0 aliphatic carbocycles. The van der Waals surface area contributed by atoms with E-state index in [1.807, 2.05) is 6.92 Å². The minimum Gasteiger partial charge on any atom is -0.314 e. The summed E-state index contributed by atoms with van der Waals surface area (Å²) in [6, 6.07) is 2.61. The molecular weight excluding hydrogens is 222 g/mol. The molecule has 0 bridgehead atoms. The Morgan fingerprint density at radius 1 is 1.17 bits per heavy atom. The lowest BCUT2D eigenvalue weighted by atomic mass is 9.85. The van der Waals surface area contributed by atoms with Gasteiger partial charge in [0.25, 0.3) is 0 Å². The van der Waals surface area contributed by atoms with E-state index in [4.69, 9.17) is 0 Å². The summed E-state index contributed by atoms with van der Waals surface area (Å²) in [6.07, 6.45) is 0.969. The van der Waals surface area contributed by atoms with Crippen LogP contribution in [0.5, 0.6) is 0 Å².